The molecule has 2 N–H and O–H groups in total. The molecule has 0 radical (unpaired) electrons. The Hall–Kier alpha value is -1.62. The van der Waals surface area contributed by atoms with Crippen LogP contribution in [0.5, 0.6) is 0 Å². The minimum atomic E-state index is 0.242. The highest BCUT2D eigenvalue weighted by Gasteiger charge is 2.23. The minimum Gasteiger partial charge on any atom is -0.355 e. The largest absolute Gasteiger partial charge is 0.355 e. The molecule has 0 aromatic carbocycles. The summed E-state index contributed by atoms with van der Waals surface area (Å²) in [4.78, 5) is 6.85. The van der Waals surface area contributed by atoms with Gasteiger partial charge in [-0.15, -0.1) is 0 Å². The zero-order chi connectivity index (χ0) is 11.8. The zero-order valence-corrected chi connectivity index (χ0v) is 9.95. The fourth-order valence-electron chi connectivity index (χ4n) is 2.29. The molecule has 5 heteroatoms. The molecule has 0 aliphatic carbocycles. The van der Waals surface area contributed by atoms with E-state index in [9.17, 15) is 0 Å². The maximum absolute atomic E-state index is 6.11. The highest BCUT2D eigenvalue weighted by molar-refractivity contribution is 5.47. The van der Waals surface area contributed by atoms with Gasteiger partial charge < -0.3 is 10.6 Å². The minimum absolute atomic E-state index is 0.242. The van der Waals surface area contributed by atoms with E-state index in [1.165, 1.54) is 0 Å². The Bertz CT molecular complexity index is 520. The van der Waals surface area contributed by atoms with Crippen LogP contribution in [0, 0.1) is 5.92 Å². The number of hydrogen-bond acceptors (Lipinski definition) is 4. The summed E-state index contributed by atoms with van der Waals surface area (Å²) in [6, 6.07) is 4.16. The summed E-state index contributed by atoms with van der Waals surface area (Å²) in [5.74, 6) is 1.60. The lowest BCUT2D eigenvalue weighted by atomic mass is 9.94. The molecule has 1 aliphatic heterocycles. The Morgan fingerprint density at radius 2 is 2.29 bits per heavy atom. The molecule has 5 nitrogen and oxygen atoms in total. The highest BCUT2D eigenvalue weighted by atomic mass is 15.3. The van der Waals surface area contributed by atoms with E-state index in [1.54, 1.807) is 10.7 Å². The van der Waals surface area contributed by atoms with Crippen LogP contribution < -0.4 is 10.6 Å². The van der Waals surface area contributed by atoms with Crippen molar-refractivity contribution in [2.75, 3.05) is 18.0 Å². The molecule has 0 saturated carbocycles. The summed E-state index contributed by atoms with van der Waals surface area (Å²) in [5, 5.41) is 4.14. The molecule has 1 fully saturated rings. The first-order valence-corrected chi connectivity index (χ1v) is 6.05. The summed E-state index contributed by atoms with van der Waals surface area (Å²) >= 11 is 0. The van der Waals surface area contributed by atoms with E-state index in [0.29, 0.717) is 5.92 Å². The number of anilines is 1. The van der Waals surface area contributed by atoms with E-state index in [2.05, 4.69) is 21.9 Å². The SMILES string of the molecule is CC1CCN(c2ccn3nccc3n2)CC1N. The first-order chi connectivity index (χ1) is 8.24. The van der Waals surface area contributed by atoms with E-state index >= 15 is 0 Å². The van der Waals surface area contributed by atoms with Crippen LogP contribution in [0.4, 0.5) is 5.82 Å². The van der Waals surface area contributed by atoms with Crippen molar-refractivity contribution in [1.29, 1.82) is 0 Å². The molecule has 1 aliphatic rings. The second-order valence-electron chi connectivity index (χ2n) is 4.80. The van der Waals surface area contributed by atoms with Gasteiger partial charge in [0.25, 0.3) is 0 Å². The van der Waals surface area contributed by atoms with Gasteiger partial charge in [-0.05, 0) is 18.4 Å². The lowest BCUT2D eigenvalue weighted by molar-refractivity contribution is 0.378. The summed E-state index contributed by atoms with van der Waals surface area (Å²) in [5.41, 5.74) is 7.00. The lowest BCUT2D eigenvalue weighted by Gasteiger charge is -2.35. The van der Waals surface area contributed by atoms with Crippen LogP contribution in [0.15, 0.2) is 24.5 Å². The topological polar surface area (TPSA) is 59.5 Å². The van der Waals surface area contributed by atoms with Crippen LogP contribution in [0.3, 0.4) is 0 Å². The smallest absolute Gasteiger partial charge is 0.157 e. The normalized spacial score (nSPS) is 25.4. The van der Waals surface area contributed by atoms with Gasteiger partial charge in [-0.2, -0.15) is 5.10 Å². The van der Waals surface area contributed by atoms with Gasteiger partial charge in [0.2, 0.25) is 0 Å². The molecule has 0 amide bonds. The van der Waals surface area contributed by atoms with Gasteiger partial charge >= 0.3 is 0 Å². The Morgan fingerprint density at radius 3 is 3.12 bits per heavy atom. The second-order valence-corrected chi connectivity index (χ2v) is 4.80. The monoisotopic (exact) mass is 231 g/mol. The van der Waals surface area contributed by atoms with Crippen molar-refractivity contribution in [3.63, 3.8) is 0 Å². The molecule has 17 heavy (non-hydrogen) atoms. The number of piperidine rings is 1. The Balaban J connectivity index is 1.88. The average Bonchev–Trinajstić information content (AvgIpc) is 2.79. The molecule has 2 unspecified atom stereocenters. The van der Waals surface area contributed by atoms with E-state index < -0.39 is 0 Å². The maximum Gasteiger partial charge on any atom is 0.157 e. The molecule has 3 rings (SSSR count). The standard InChI is InChI=1S/C12H17N5/c1-9-3-6-16(8-10(9)13)11-4-7-17-12(15-11)2-5-14-17/h2,4-5,7,9-10H,3,6,8,13H2,1H3. The van der Waals surface area contributed by atoms with Gasteiger partial charge in [-0.1, -0.05) is 6.92 Å². The van der Waals surface area contributed by atoms with Crippen LogP contribution in [-0.4, -0.2) is 33.7 Å². The summed E-state index contributed by atoms with van der Waals surface area (Å²) in [6.07, 6.45) is 4.84. The van der Waals surface area contributed by atoms with Gasteiger partial charge in [0.05, 0.1) is 6.20 Å². The van der Waals surface area contributed by atoms with Crippen molar-refractivity contribution in [3.8, 4) is 0 Å². The first kappa shape index (κ1) is 10.5. The van der Waals surface area contributed by atoms with Crippen molar-refractivity contribution < 1.29 is 0 Å². The van der Waals surface area contributed by atoms with Gasteiger partial charge in [0.1, 0.15) is 5.82 Å². The number of nitrogens with two attached hydrogens (primary N) is 1. The van der Waals surface area contributed by atoms with Gasteiger partial charge in [0, 0.05) is 31.4 Å². The number of nitrogens with zero attached hydrogens (tertiary/aromatic N) is 4. The van der Waals surface area contributed by atoms with Gasteiger partial charge in [-0.25, -0.2) is 9.50 Å². The molecule has 2 aromatic heterocycles. The first-order valence-electron chi connectivity index (χ1n) is 6.05. The third kappa shape index (κ3) is 1.86. The van der Waals surface area contributed by atoms with Crippen molar-refractivity contribution in [1.82, 2.24) is 14.6 Å². The maximum atomic E-state index is 6.11. The van der Waals surface area contributed by atoms with E-state index in [0.717, 1.165) is 31.0 Å². The Kier molecular flexibility index (Phi) is 2.48. The van der Waals surface area contributed by atoms with Crippen molar-refractivity contribution in [3.05, 3.63) is 24.5 Å². The number of hydrogen-bond donors (Lipinski definition) is 1. The van der Waals surface area contributed by atoms with Gasteiger partial charge in [-0.3, -0.25) is 0 Å². The van der Waals surface area contributed by atoms with Crippen LogP contribution >= 0.6 is 0 Å². The fourth-order valence-corrected chi connectivity index (χ4v) is 2.29. The summed E-state index contributed by atoms with van der Waals surface area (Å²) < 4.78 is 1.77. The zero-order valence-electron chi connectivity index (χ0n) is 9.95. The molecular formula is C12H17N5. The lowest BCUT2D eigenvalue weighted by Crippen LogP contribution is -2.47. The molecule has 3 heterocycles. The number of fused-ring (bicyclic) bond motifs is 1. The van der Waals surface area contributed by atoms with E-state index in [1.807, 2.05) is 18.3 Å². The molecule has 2 atom stereocenters. The Morgan fingerprint density at radius 1 is 1.41 bits per heavy atom. The van der Waals surface area contributed by atoms with Crippen LogP contribution in [0.25, 0.3) is 5.65 Å². The van der Waals surface area contributed by atoms with E-state index in [-0.39, 0.29) is 6.04 Å². The van der Waals surface area contributed by atoms with E-state index in [4.69, 9.17) is 5.73 Å². The van der Waals surface area contributed by atoms with Gasteiger partial charge in [0.15, 0.2) is 5.65 Å². The molecule has 1 saturated heterocycles. The highest BCUT2D eigenvalue weighted by Crippen LogP contribution is 2.21. The number of rotatable bonds is 1. The summed E-state index contributed by atoms with van der Waals surface area (Å²) in [7, 11) is 0. The van der Waals surface area contributed by atoms with Crippen molar-refractivity contribution in [2.24, 2.45) is 11.7 Å². The molecule has 0 bridgehead atoms. The molecular weight excluding hydrogens is 214 g/mol. The quantitative estimate of drug-likeness (QED) is 0.792. The van der Waals surface area contributed by atoms with Crippen LogP contribution in [0.1, 0.15) is 13.3 Å². The number of aromatic nitrogens is 3. The van der Waals surface area contributed by atoms with Crippen LogP contribution in [0.2, 0.25) is 0 Å². The fraction of sp³-hybridized carbons (Fsp3) is 0.500. The summed E-state index contributed by atoms with van der Waals surface area (Å²) in [6.45, 7) is 4.14. The van der Waals surface area contributed by atoms with Crippen LogP contribution in [-0.2, 0) is 0 Å². The predicted octanol–water partition coefficient (Wildman–Crippen LogP) is 0.903. The Labute approximate surface area is 100 Å². The third-order valence-electron chi connectivity index (χ3n) is 3.58. The average molecular weight is 231 g/mol. The molecule has 2 aromatic rings. The molecule has 90 valence electrons. The van der Waals surface area contributed by atoms with Crippen molar-refractivity contribution >= 4 is 11.5 Å². The molecule has 0 spiro atoms. The predicted molar refractivity (Wildman–Crippen MR) is 67.0 cm³/mol. The second kappa shape index (κ2) is 4.00. The third-order valence-corrected chi connectivity index (χ3v) is 3.58. The van der Waals surface area contributed by atoms with Crippen molar-refractivity contribution in [2.45, 2.75) is 19.4 Å².